The molecule has 0 aromatic heterocycles. The molecule has 1 heterocycles. The zero-order valence-electron chi connectivity index (χ0n) is 9.67. The quantitative estimate of drug-likeness (QED) is 0.891. The topological polar surface area (TPSA) is 24.1 Å². The summed E-state index contributed by atoms with van der Waals surface area (Å²) in [5, 5.41) is 7.09. The SMILES string of the molecule is C[C@@H](NC1CCNCC1)c1ccc(Br)cc1. The van der Waals surface area contributed by atoms with Crippen molar-refractivity contribution in [3.63, 3.8) is 0 Å². The highest BCUT2D eigenvalue weighted by molar-refractivity contribution is 9.10. The van der Waals surface area contributed by atoms with E-state index in [2.05, 4.69) is 57.8 Å². The van der Waals surface area contributed by atoms with Gasteiger partial charge in [0.25, 0.3) is 0 Å². The van der Waals surface area contributed by atoms with E-state index in [9.17, 15) is 0 Å². The lowest BCUT2D eigenvalue weighted by molar-refractivity contribution is 0.359. The summed E-state index contributed by atoms with van der Waals surface area (Å²) in [7, 11) is 0. The minimum atomic E-state index is 0.441. The van der Waals surface area contributed by atoms with Gasteiger partial charge in [-0.15, -0.1) is 0 Å². The molecule has 2 N–H and O–H groups in total. The van der Waals surface area contributed by atoms with Crippen LogP contribution in [0.1, 0.15) is 31.4 Å². The first-order valence-electron chi connectivity index (χ1n) is 5.98. The molecule has 0 saturated carbocycles. The van der Waals surface area contributed by atoms with Crippen LogP contribution >= 0.6 is 15.9 Å². The van der Waals surface area contributed by atoms with Crippen molar-refractivity contribution in [1.82, 2.24) is 10.6 Å². The van der Waals surface area contributed by atoms with Crippen molar-refractivity contribution in [3.05, 3.63) is 34.3 Å². The van der Waals surface area contributed by atoms with Crippen molar-refractivity contribution in [1.29, 1.82) is 0 Å². The molecule has 1 aliphatic rings. The summed E-state index contributed by atoms with van der Waals surface area (Å²) < 4.78 is 1.14. The Bertz CT molecular complexity index is 317. The summed E-state index contributed by atoms with van der Waals surface area (Å²) in [5.41, 5.74) is 1.36. The summed E-state index contributed by atoms with van der Waals surface area (Å²) in [6.07, 6.45) is 2.47. The van der Waals surface area contributed by atoms with Crippen LogP contribution in [0, 0.1) is 0 Å². The van der Waals surface area contributed by atoms with Gasteiger partial charge in [-0.1, -0.05) is 28.1 Å². The smallest absolute Gasteiger partial charge is 0.0294 e. The first-order valence-corrected chi connectivity index (χ1v) is 6.77. The first-order chi connectivity index (χ1) is 7.75. The number of piperidine rings is 1. The maximum absolute atomic E-state index is 3.70. The largest absolute Gasteiger partial charge is 0.317 e. The van der Waals surface area contributed by atoms with Crippen LogP contribution < -0.4 is 10.6 Å². The summed E-state index contributed by atoms with van der Waals surface area (Å²) in [5.74, 6) is 0. The molecule has 0 unspecified atom stereocenters. The third-order valence-corrected chi connectivity index (χ3v) is 3.72. The van der Waals surface area contributed by atoms with Gasteiger partial charge in [-0.25, -0.2) is 0 Å². The summed E-state index contributed by atoms with van der Waals surface area (Å²) in [4.78, 5) is 0. The van der Waals surface area contributed by atoms with E-state index in [-0.39, 0.29) is 0 Å². The normalized spacial score (nSPS) is 19.6. The predicted molar refractivity (Wildman–Crippen MR) is 71.6 cm³/mol. The Kier molecular flexibility index (Phi) is 4.38. The molecule has 88 valence electrons. The monoisotopic (exact) mass is 282 g/mol. The highest BCUT2D eigenvalue weighted by Gasteiger charge is 2.15. The summed E-state index contributed by atoms with van der Waals surface area (Å²) in [6.45, 7) is 4.53. The Morgan fingerprint density at radius 1 is 1.25 bits per heavy atom. The molecule has 1 fully saturated rings. The first kappa shape index (κ1) is 12.1. The van der Waals surface area contributed by atoms with Gasteiger partial charge in [-0.3, -0.25) is 0 Å². The van der Waals surface area contributed by atoms with Gasteiger partial charge in [0.1, 0.15) is 0 Å². The lowest BCUT2D eigenvalue weighted by atomic mass is 10.0. The number of nitrogens with one attached hydrogen (secondary N) is 2. The van der Waals surface area contributed by atoms with Crippen molar-refractivity contribution in [2.75, 3.05) is 13.1 Å². The van der Waals surface area contributed by atoms with Gasteiger partial charge in [0.2, 0.25) is 0 Å². The number of hydrogen-bond acceptors (Lipinski definition) is 2. The average Bonchev–Trinajstić information content (AvgIpc) is 2.31. The van der Waals surface area contributed by atoms with Crippen LogP contribution in [-0.2, 0) is 0 Å². The molecule has 1 aromatic rings. The Morgan fingerprint density at radius 2 is 1.88 bits per heavy atom. The van der Waals surface area contributed by atoms with E-state index in [1.54, 1.807) is 0 Å². The molecular weight excluding hydrogens is 264 g/mol. The number of benzene rings is 1. The second-order valence-electron chi connectivity index (χ2n) is 4.46. The molecular formula is C13H19BrN2. The highest BCUT2D eigenvalue weighted by Crippen LogP contribution is 2.18. The molecule has 2 rings (SSSR count). The van der Waals surface area contributed by atoms with Crippen LogP contribution in [0.15, 0.2) is 28.7 Å². The predicted octanol–water partition coefficient (Wildman–Crippen LogP) is 2.85. The molecule has 1 saturated heterocycles. The third kappa shape index (κ3) is 3.30. The minimum absolute atomic E-state index is 0.441. The number of rotatable bonds is 3. The van der Waals surface area contributed by atoms with Crippen LogP contribution in [0.25, 0.3) is 0 Å². The minimum Gasteiger partial charge on any atom is -0.317 e. The highest BCUT2D eigenvalue weighted by atomic mass is 79.9. The van der Waals surface area contributed by atoms with E-state index >= 15 is 0 Å². The van der Waals surface area contributed by atoms with Crippen molar-refractivity contribution in [2.45, 2.75) is 31.8 Å². The standard InChI is InChI=1S/C13H19BrN2/c1-10(11-2-4-12(14)5-3-11)16-13-6-8-15-9-7-13/h2-5,10,13,15-16H,6-9H2,1H3/t10-/m1/s1. The van der Waals surface area contributed by atoms with Gasteiger partial charge in [0, 0.05) is 16.6 Å². The van der Waals surface area contributed by atoms with E-state index in [0.717, 1.165) is 17.6 Å². The molecule has 2 nitrogen and oxygen atoms in total. The number of hydrogen-bond donors (Lipinski definition) is 2. The molecule has 0 aliphatic carbocycles. The van der Waals surface area contributed by atoms with Crippen LogP contribution in [0.4, 0.5) is 0 Å². The van der Waals surface area contributed by atoms with Crippen molar-refractivity contribution in [3.8, 4) is 0 Å². The molecule has 16 heavy (non-hydrogen) atoms. The lowest BCUT2D eigenvalue weighted by Gasteiger charge is -2.27. The second kappa shape index (κ2) is 5.80. The van der Waals surface area contributed by atoms with Gasteiger partial charge in [0.15, 0.2) is 0 Å². The molecule has 0 bridgehead atoms. The molecule has 0 amide bonds. The Morgan fingerprint density at radius 3 is 2.50 bits per heavy atom. The summed E-state index contributed by atoms with van der Waals surface area (Å²) in [6, 6.07) is 9.69. The molecule has 3 heteroatoms. The van der Waals surface area contributed by atoms with E-state index in [0.29, 0.717) is 12.1 Å². The molecule has 1 atom stereocenters. The zero-order chi connectivity index (χ0) is 11.4. The van der Waals surface area contributed by atoms with E-state index in [1.807, 2.05) is 0 Å². The van der Waals surface area contributed by atoms with Crippen molar-refractivity contribution >= 4 is 15.9 Å². The van der Waals surface area contributed by atoms with Gasteiger partial charge < -0.3 is 10.6 Å². The van der Waals surface area contributed by atoms with Gasteiger partial charge in [0.05, 0.1) is 0 Å². The molecule has 1 aromatic carbocycles. The zero-order valence-corrected chi connectivity index (χ0v) is 11.3. The van der Waals surface area contributed by atoms with E-state index < -0.39 is 0 Å². The fraction of sp³-hybridized carbons (Fsp3) is 0.538. The fourth-order valence-corrected chi connectivity index (χ4v) is 2.45. The Balaban J connectivity index is 1.91. The lowest BCUT2D eigenvalue weighted by Crippen LogP contribution is -2.40. The average molecular weight is 283 g/mol. The Labute approximate surface area is 106 Å². The van der Waals surface area contributed by atoms with Crippen molar-refractivity contribution in [2.24, 2.45) is 0 Å². The molecule has 0 spiro atoms. The third-order valence-electron chi connectivity index (χ3n) is 3.19. The Hall–Kier alpha value is -0.380. The van der Waals surface area contributed by atoms with Crippen LogP contribution in [-0.4, -0.2) is 19.1 Å². The van der Waals surface area contributed by atoms with Crippen LogP contribution in [0.3, 0.4) is 0 Å². The molecule has 0 radical (unpaired) electrons. The van der Waals surface area contributed by atoms with Crippen LogP contribution in [0.2, 0.25) is 0 Å². The van der Waals surface area contributed by atoms with E-state index in [1.165, 1.54) is 18.4 Å². The van der Waals surface area contributed by atoms with E-state index in [4.69, 9.17) is 0 Å². The molecule has 1 aliphatic heterocycles. The fourth-order valence-electron chi connectivity index (χ4n) is 2.19. The van der Waals surface area contributed by atoms with Gasteiger partial charge >= 0.3 is 0 Å². The maximum Gasteiger partial charge on any atom is 0.0294 e. The summed E-state index contributed by atoms with van der Waals surface area (Å²) >= 11 is 3.46. The van der Waals surface area contributed by atoms with Crippen molar-refractivity contribution < 1.29 is 0 Å². The maximum atomic E-state index is 3.70. The van der Waals surface area contributed by atoms with Gasteiger partial charge in [-0.2, -0.15) is 0 Å². The van der Waals surface area contributed by atoms with Crippen LogP contribution in [0.5, 0.6) is 0 Å². The second-order valence-corrected chi connectivity index (χ2v) is 5.38. The van der Waals surface area contributed by atoms with Gasteiger partial charge in [-0.05, 0) is 50.6 Å². The number of halogens is 1.